The zero-order valence-electron chi connectivity index (χ0n) is 18.7. The maximum atomic E-state index is 12.3. The highest BCUT2D eigenvalue weighted by Crippen LogP contribution is 2.40. The summed E-state index contributed by atoms with van der Waals surface area (Å²) in [5, 5.41) is 2.96. The summed E-state index contributed by atoms with van der Waals surface area (Å²) in [7, 11) is 1.38. The Morgan fingerprint density at radius 1 is 1.16 bits per heavy atom. The fraction of sp³-hybridized carbons (Fsp3) is 0.458. The first-order valence-corrected chi connectivity index (χ1v) is 10.6. The first kappa shape index (κ1) is 22.6. The second-order valence-corrected chi connectivity index (χ2v) is 8.27. The van der Waals surface area contributed by atoms with Crippen molar-refractivity contribution in [3.8, 4) is 0 Å². The number of nitrogens with one attached hydrogen (secondary N) is 1. The smallest absolute Gasteiger partial charge is 0.407 e. The van der Waals surface area contributed by atoms with Crippen LogP contribution in [0.2, 0.25) is 0 Å². The minimum atomic E-state index is -0.470. The lowest BCUT2D eigenvalue weighted by atomic mass is 9.87. The molecule has 1 aromatic rings. The third-order valence-corrected chi connectivity index (χ3v) is 5.62. The molecule has 0 bridgehead atoms. The van der Waals surface area contributed by atoms with Gasteiger partial charge in [0.15, 0.2) is 0 Å². The van der Waals surface area contributed by atoms with Gasteiger partial charge >= 0.3 is 12.1 Å². The molecule has 0 fully saturated rings. The van der Waals surface area contributed by atoms with Gasteiger partial charge in [0.1, 0.15) is 0 Å². The lowest BCUT2D eigenvalue weighted by molar-refractivity contribution is -0.136. The molecule has 2 atom stereocenters. The second kappa shape index (κ2) is 9.37. The van der Waals surface area contributed by atoms with Crippen molar-refractivity contribution in [3.63, 3.8) is 0 Å². The van der Waals surface area contributed by atoms with Crippen LogP contribution in [0.4, 0.5) is 10.5 Å². The van der Waals surface area contributed by atoms with E-state index in [-0.39, 0.29) is 30.1 Å². The zero-order valence-corrected chi connectivity index (χ0v) is 18.7. The van der Waals surface area contributed by atoms with Gasteiger partial charge in [-0.2, -0.15) is 0 Å². The molecule has 1 N–H and O–H groups in total. The molecule has 2 aliphatic rings. The maximum Gasteiger partial charge on any atom is 0.407 e. The minimum Gasteiger partial charge on any atom is -0.466 e. The molecule has 0 saturated heterocycles. The van der Waals surface area contributed by atoms with Crippen molar-refractivity contribution in [2.45, 2.75) is 65.1 Å². The van der Waals surface area contributed by atoms with Gasteiger partial charge in [-0.15, -0.1) is 0 Å². The van der Waals surface area contributed by atoms with Crippen LogP contribution >= 0.6 is 0 Å². The molecule has 166 valence electrons. The van der Waals surface area contributed by atoms with Gasteiger partial charge in [-0.1, -0.05) is 18.2 Å². The molecular formula is C24H30N2O5. The summed E-state index contributed by atoms with van der Waals surface area (Å²) in [6.07, 6.45) is 4.94. The van der Waals surface area contributed by atoms with Crippen LogP contribution in [0, 0.1) is 0 Å². The van der Waals surface area contributed by atoms with Crippen LogP contribution in [0.15, 0.2) is 35.9 Å². The van der Waals surface area contributed by atoms with E-state index in [1.54, 1.807) is 31.7 Å². The maximum absolute atomic E-state index is 12.3. The largest absolute Gasteiger partial charge is 0.466 e. The Kier molecular flexibility index (Phi) is 6.83. The van der Waals surface area contributed by atoms with E-state index in [1.165, 1.54) is 7.11 Å². The molecule has 3 rings (SSSR count). The predicted octanol–water partition coefficient (Wildman–Crippen LogP) is 4.28. The lowest BCUT2D eigenvalue weighted by Gasteiger charge is -2.39. The number of anilines is 1. The number of hydrogen-bond acceptors (Lipinski definition) is 5. The molecule has 1 aromatic carbocycles. The van der Waals surface area contributed by atoms with Crippen LogP contribution in [0.5, 0.6) is 0 Å². The van der Waals surface area contributed by atoms with Gasteiger partial charge < -0.3 is 19.7 Å². The normalized spacial score (nSPS) is 20.4. The highest BCUT2D eigenvalue weighted by atomic mass is 16.6. The molecule has 0 unspecified atom stereocenters. The SMILES string of the molecule is COC(=O)C1=CC=C(c2ccc3c(c2)[C@H](NC(=O)OC(C)C)C[C@H](C)N3C(C)=O)CC1. The molecule has 7 nitrogen and oxygen atoms in total. The quantitative estimate of drug-likeness (QED) is 0.726. The van der Waals surface area contributed by atoms with E-state index in [4.69, 9.17) is 9.47 Å². The van der Waals surface area contributed by atoms with Crippen molar-refractivity contribution in [2.75, 3.05) is 12.0 Å². The van der Waals surface area contributed by atoms with Crippen molar-refractivity contribution < 1.29 is 23.9 Å². The number of amides is 2. The number of carbonyl (C=O) groups is 3. The lowest BCUT2D eigenvalue weighted by Crippen LogP contribution is -2.45. The summed E-state index contributed by atoms with van der Waals surface area (Å²) in [5.41, 5.74) is 4.42. The van der Waals surface area contributed by atoms with Crippen LogP contribution in [-0.4, -0.2) is 37.2 Å². The van der Waals surface area contributed by atoms with Crippen LogP contribution in [-0.2, 0) is 19.1 Å². The number of methoxy groups -OCH3 is 1. The van der Waals surface area contributed by atoms with Crippen molar-refractivity contribution in [3.05, 3.63) is 47.1 Å². The third-order valence-electron chi connectivity index (χ3n) is 5.62. The van der Waals surface area contributed by atoms with Gasteiger partial charge in [0.2, 0.25) is 5.91 Å². The van der Waals surface area contributed by atoms with Gasteiger partial charge in [0.25, 0.3) is 0 Å². The predicted molar refractivity (Wildman–Crippen MR) is 118 cm³/mol. The van der Waals surface area contributed by atoms with Gasteiger partial charge in [0, 0.05) is 24.2 Å². The van der Waals surface area contributed by atoms with Crippen LogP contribution in [0.25, 0.3) is 5.57 Å². The van der Waals surface area contributed by atoms with Gasteiger partial charge in [-0.3, -0.25) is 4.79 Å². The zero-order chi connectivity index (χ0) is 22.7. The van der Waals surface area contributed by atoms with Gasteiger partial charge in [-0.25, -0.2) is 9.59 Å². The highest BCUT2D eigenvalue weighted by molar-refractivity contribution is 5.94. The van der Waals surface area contributed by atoms with Crippen molar-refractivity contribution in [1.82, 2.24) is 5.32 Å². The molecule has 31 heavy (non-hydrogen) atoms. The number of rotatable bonds is 4. The Balaban J connectivity index is 1.97. The monoisotopic (exact) mass is 426 g/mol. The molecule has 2 amide bonds. The summed E-state index contributed by atoms with van der Waals surface area (Å²) in [4.78, 5) is 38.1. The number of esters is 1. The van der Waals surface area contributed by atoms with Gasteiger partial charge in [-0.05, 0) is 68.9 Å². The molecule has 0 radical (unpaired) electrons. The Labute approximate surface area is 183 Å². The number of nitrogens with zero attached hydrogens (tertiary/aromatic N) is 1. The van der Waals surface area contributed by atoms with E-state index in [9.17, 15) is 14.4 Å². The van der Waals surface area contributed by atoms with Crippen molar-refractivity contribution in [2.24, 2.45) is 0 Å². The Morgan fingerprint density at radius 2 is 1.90 bits per heavy atom. The average molecular weight is 427 g/mol. The van der Waals surface area contributed by atoms with Crippen molar-refractivity contribution in [1.29, 1.82) is 0 Å². The van der Waals surface area contributed by atoms with E-state index in [0.29, 0.717) is 24.8 Å². The fourth-order valence-corrected chi connectivity index (χ4v) is 4.25. The van der Waals surface area contributed by atoms with Crippen LogP contribution < -0.4 is 10.2 Å². The molecular weight excluding hydrogens is 396 g/mol. The number of carbonyl (C=O) groups excluding carboxylic acids is 3. The fourth-order valence-electron chi connectivity index (χ4n) is 4.25. The van der Waals surface area contributed by atoms with E-state index in [2.05, 4.69) is 5.32 Å². The van der Waals surface area contributed by atoms with Gasteiger partial charge in [0.05, 0.1) is 19.3 Å². The second-order valence-electron chi connectivity index (χ2n) is 8.27. The van der Waals surface area contributed by atoms with E-state index in [0.717, 1.165) is 22.4 Å². The standard InChI is InChI=1S/C24H30N2O5/c1-14(2)31-24(29)25-21-12-15(3)26(16(4)27)22-11-10-19(13-20(21)22)17-6-8-18(9-7-17)23(28)30-5/h6,8,10-11,13-15,21H,7,9,12H2,1-5H3,(H,25,29)/t15-,21+/m0/s1. The number of fused-ring (bicyclic) bond motifs is 1. The van der Waals surface area contributed by atoms with E-state index < -0.39 is 6.09 Å². The number of benzene rings is 1. The first-order valence-electron chi connectivity index (χ1n) is 10.6. The third kappa shape index (κ3) is 4.98. The highest BCUT2D eigenvalue weighted by Gasteiger charge is 2.34. The number of alkyl carbamates (subject to hydrolysis) is 1. The first-order chi connectivity index (χ1) is 14.7. The van der Waals surface area contributed by atoms with Crippen LogP contribution in [0.3, 0.4) is 0 Å². The van der Waals surface area contributed by atoms with E-state index >= 15 is 0 Å². The molecule has 1 aliphatic heterocycles. The number of ether oxygens (including phenoxy) is 2. The summed E-state index contributed by atoms with van der Waals surface area (Å²) in [6, 6.07) is 5.63. The Bertz CT molecular complexity index is 947. The average Bonchev–Trinajstić information content (AvgIpc) is 2.72. The van der Waals surface area contributed by atoms with Crippen LogP contribution in [0.1, 0.15) is 64.1 Å². The molecule has 1 aliphatic carbocycles. The van der Waals surface area contributed by atoms with Crippen molar-refractivity contribution >= 4 is 29.2 Å². The minimum absolute atomic E-state index is 0.0350. The molecule has 7 heteroatoms. The molecule has 1 heterocycles. The number of hydrogen-bond donors (Lipinski definition) is 1. The molecule has 0 spiro atoms. The van der Waals surface area contributed by atoms with E-state index in [1.807, 2.05) is 31.2 Å². The number of allylic oxidation sites excluding steroid dienone is 3. The summed E-state index contributed by atoms with van der Waals surface area (Å²) in [6.45, 7) is 7.14. The Morgan fingerprint density at radius 3 is 2.48 bits per heavy atom. The summed E-state index contributed by atoms with van der Waals surface area (Å²) >= 11 is 0. The molecule has 0 aromatic heterocycles. The Hall–Kier alpha value is -3.09. The molecule has 0 saturated carbocycles. The summed E-state index contributed by atoms with van der Waals surface area (Å²) in [5.74, 6) is -0.341. The summed E-state index contributed by atoms with van der Waals surface area (Å²) < 4.78 is 10.1. The topological polar surface area (TPSA) is 84.9 Å².